The molecule has 0 radical (unpaired) electrons. The number of nitrogen functional groups attached to an aromatic ring is 1. The Morgan fingerprint density at radius 1 is 1.24 bits per heavy atom. The van der Waals surface area contributed by atoms with Crippen LogP contribution in [0.3, 0.4) is 0 Å². The Morgan fingerprint density at radius 3 is 2.52 bits per heavy atom. The maximum atomic E-state index is 12.8. The van der Waals surface area contributed by atoms with Crippen LogP contribution < -0.4 is 11.1 Å². The number of hydrogen-bond donors (Lipinski definition) is 2. The minimum Gasteiger partial charge on any atom is -0.397 e. The molecule has 0 unspecified atom stereocenters. The van der Waals surface area contributed by atoms with Crippen LogP contribution in [-0.4, -0.2) is 11.7 Å². The number of carbonyl (C=O) groups excluding carboxylic acids is 1. The molecule has 7 heteroatoms. The molecule has 3 N–H and O–H groups in total. The van der Waals surface area contributed by atoms with Gasteiger partial charge in [0, 0.05) is 9.92 Å². The summed E-state index contributed by atoms with van der Waals surface area (Å²) in [6, 6.07) is 8.91. The summed E-state index contributed by atoms with van der Waals surface area (Å²) in [7, 11) is 0. The molecule has 0 aliphatic heterocycles. The molecule has 21 heavy (non-hydrogen) atoms. The molecular formula is C14H11Cl2FN2OS. The summed E-state index contributed by atoms with van der Waals surface area (Å²) >= 11 is 13.1. The number of rotatable bonds is 4. The van der Waals surface area contributed by atoms with Crippen molar-refractivity contribution >= 4 is 52.2 Å². The maximum Gasteiger partial charge on any atom is 0.234 e. The van der Waals surface area contributed by atoms with Gasteiger partial charge in [0.25, 0.3) is 0 Å². The van der Waals surface area contributed by atoms with E-state index in [0.717, 1.165) is 4.90 Å². The standard InChI is InChI=1S/C14H11Cl2FN2OS/c15-8-5-11(16)14(12(18)6-8)19-13(20)7-21-10-3-1-9(17)2-4-10/h1-6H,7,18H2,(H,19,20). The molecule has 0 spiro atoms. The average Bonchev–Trinajstić information content (AvgIpc) is 2.42. The van der Waals surface area contributed by atoms with Crippen molar-refractivity contribution in [2.75, 3.05) is 16.8 Å². The molecule has 0 heterocycles. The highest BCUT2D eigenvalue weighted by atomic mass is 35.5. The van der Waals surface area contributed by atoms with Crippen LogP contribution in [0.4, 0.5) is 15.8 Å². The van der Waals surface area contributed by atoms with Gasteiger partial charge >= 0.3 is 0 Å². The molecular weight excluding hydrogens is 334 g/mol. The van der Waals surface area contributed by atoms with Gasteiger partial charge in [-0.15, -0.1) is 11.8 Å². The van der Waals surface area contributed by atoms with Gasteiger partial charge in [0.05, 0.1) is 22.2 Å². The average molecular weight is 345 g/mol. The summed E-state index contributed by atoms with van der Waals surface area (Å²) in [6.45, 7) is 0. The Hall–Kier alpha value is -1.43. The van der Waals surface area contributed by atoms with Crippen LogP contribution in [0.2, 0.25) is 10.0 Å². The zero-order chi connectivity index (χ0) is 15.4. The first kappa shape index (κ1) is 15.9. The molecule has 0 aliphatic carbocycles. The van der Waals surface area contributed by atoms with E-state index in [0.29, 0.717) is 16.4 Å². The predicted molar refractivity (Wildman–Crippen MR) is 86.6 cm³/mol. The lowest BCUT2D eigenvalue weighted by Gasteiger charge is -2.10. The highest BCUT2D eigenvalue weighted by Gasteiger charge is 2.11. The predicted octanol–water partition coefficient (Wildman–Crippen LogP) is 4.45. The van der Waals surface area contributed by atoms with Gasteiger partial charge in [0.15, 0.2) is 0 Å². The number of nitrogens with one attached hydrogen (secondary N) is 1. The van der Waals surface area contributed by atoms with Gasteiger partial charge in [-0.3, -0.25) is 4.79 Å². The van der Waals surface area contributed by atoms with Crippen LogP contribution in [0.5, 0.6) is 0 Å². The van der Waals surface area contributed by atoms with Crippen molar-refractivity contribution in [1.29, 1.82) is 0 Å². The van der Waals surface area contributed by atoms with Gasteiger partial charge in [-0.25, -0.2) is 4.39 Å². The quantitative estimate of drug-likeness (QED) is 0.636. The minimum atomic E-state index is -0.315. The second-order valence-electron chi connectivity index (χ2n) is 4.14. The van der Waals surface area contributed by atoms with E-state index in [1.54, 1.807) is 12.1 Å². The van der Waals surface area contributed by atoms with E-state index < -0.39 is 0 Å². The van der Waals surface area contributed by atoms with Crippen LogP contribution in [0.25, 0.3) is 0 Å². The zero-order valence-corrected chi connectivity index (χ0v) is 13.0. The fraction of sp³-hybridized carbons (Fsp3) is 0.0714. The molecule has 0 fully saturated rings. The van der Waals surface area contributed by atoms with Crippen molar-refractivity contribution in [2.45, 2.75) is 4.90 Å². The van der Waals surface area contributed by atoms with Crippen LogP contribution in [-0.2, 0) is 4.79 Å². The Kier molecular flexibility index (Phi) is 5.33. The topological polar surface area (TPSA) is 55.1 Å². The van der Waals surface area contributed by atoms with Crippen molar-refractivity contribution in [3.8, 4) is 0 Å². The lowest BCUT2D eigenvalue weighted by atomic mass is 10.2. The van der Waals surface area contributed by atoms with Crippen molar-refractivity contribution in [2.24, 2.45) is 0 Å². The third-order valence-corrected chi connectivity index (χ3v) is 4.06. The maximum absolute atomic E-state index is 12.8. The molecule has 3 nitrogen and oxygen atoms in total. The number of benzene rings is 2. The van der Waals surface area contributed by atoms with Crippen LogP contribution in [0.1, 0.15) is 0 Å². The van der Waals surface area contributed by atoms with Crippen molar-refractivity contribution in [1.82, 2.24) is 0 Å². The number of carbonyl (C=O) groups is 1. The van der Waals surface area contributed by atoms with E-state index in [-0.39, 0.29) is 22.5 Å². The molecule has 0 atom stereocenters. The molecule has 2 rings (SSSR count). The lowest BCUT2D eigenvalue weighted by Crippen LogP contribution is -2.15. The van der Waals surface area contributed by atoms with E-state index in [4.69, 9.17) is 28.9 Å². The number of nitrogens with two attached hydrogens (primary N) is 1. The zero-order valence-electron chi connectivity index (χ0n) is 10.7. The Labute approximate surface area is 135 Å². The molecule has 110 valence electrons. The number of anilines is 2. The summed E-state index contributed by atoms with van der Waals surface area (Å²) in [5.74, 6) is -0.422. The van der Waals surface area contributed by atoms with Crippen LogP contribution >= 0.6 is 35.0 Å². The van der Waals surface area contributed by atoms with Gasteiger partial charge < -0.3 is 11.1 Å². The fourth-order valence-electron chi connectivity index (χ4n) is 1.58. The molecule has 1 amide bonds. The van der Waals surface area contributed by atoms with Crippen LogP contribution in [0.15, 0.2) is 41.3 Å². The molecule has 2 aromatic rings. The normalized spacial score (nSPS) is 10.4. The van der Waals surface area contributed by atoms with E-state index >= 15 is 0 Å². The van der Waals surface area contributed by atoms with Crippen molar-refractivity contribution in [3.63, 3.8) is 0 Å². The monoisotopic (exact) mass is 344 g/mol. The van der Waals surface area contributed by atoms with Crippen molar-refractivity contribution in [3.05, 3.63) is 52.3 Å². The third-order valence-electron chi connectivity index (χ3n) is 2.53. The Morgan fingerprint density at radius 2 is 1.90 bits per heavy atom. The first-order chi connectivity index (χ1) is 9.95. The van der Waals surface area contributed by atoms with Gasteiger partial charge in [-0.1, -0.05) is 23.2 Å². The first-order valence-electron chi connectivity index (χ1n) is 5.88. The van der Waals surface area contributed by atoms with Gasteiger partial charge in [0.2, 0.25) is 5.91 Å². The van der Waals surface area contributed by atoms with Crippen molar-refractivity contribution < 1.29 is 9.18 Å². The summed E-state index contributed by atoms with van der Waals surface area (Å²) in [5.41, 5.74) is 6.40. The second kappa shape index (κ2) is 7.02. The van der Waals surface area contributed by atoms with E-state index in [9.17, 15) is 9.18 Å². The first-order valence-corrected chi connectivity index (χ1v) is 7.62. The lowest BCUT2D eigenvalue weighted by molar-refractivity contribution is -0.113. The summed E-state index contributed by atoms with van der Waals surface area (Å²) < 4.78 is 12.8. The number of amides is 1. The largest absolute Gasteiger partial charge is 0.397 e. The van der Waals surface area contributed by atoms with Gasteiger partial charge in [-0.2, -0.15) is 0 Å². The minimum absolute atomic E-state index is 0.157. The summed E-state index contributed by atoms with van der Waals surface area (Å²) in [4.78, 5) is 12.7. The fourth-order valence-corrected chi connectivity index (χ4v) is 2.84. The number of thioether (sulfide) groups is 1. The van der Waals surface area contributed by atoms with Gasteiger partial charge in [0.1, 0.15) is 5.82 Å². The molecule has 0 saturated heterocycles. The highest BCUT2D eigenvalue weighted by Crippen LogP contribution is 2.32. The summed E-state index contributed by atoms with van der Waals surface area (Å²) in [5, 5.41) is 3.32. The van der Waals surface area contributed by atoms with Gasteiger partial charge in [-0.05, 0) is 36.4 Å². The molecule has 2 aromatic carbocycles. The molecule has 0 bridgehead atoms. The van der Waals surface area contributed by atoms with E-state index in [2.05, 4.69) is 5.32 Å². The smallest absolute Gasteiger partial charge is 0.234 e. The second-order valence-corrected chi connectivity index (χ2v) is 6.04. The Bertz CT molecular complexity index is 642. The number of halogens is 3. The van der Waals surface area contributed by atoms with E-state index in [1.165, 1.54) is 36.0 Å². The molecule has 0 saturated carbocycles. The number of hydrogen-bond acceptors (Lipinski definition) is 3. The Balaban J connectivity index is 1.97. The summed E-state index contributed by atoms with van der Waals surface area (Å²) in [6.07, 6.45) is 0. The molecule has 0 aliphatic rings. The third kappa shape index (κ3) is 4.52. The molecule has 0 aromatic heterocycles. The van der Waals surface area contributed by atoms with E-state index in [1.807, 2.05) is 0 Å². The highest BCUT2D eigenvalue weighted by molar-refractivity contribution is 8.00. The van der Waals surface area contributed by atoms with Crippen LogP contribution in [0, 0.1) is 5.82 Å². The SMILES string of the molecule is Nc1cc(Cl)cc(Cl)c1NC(=O)CSc1ccc(F)cc1.